The van der Waals surface area contributed by atoms with Gasteiger partial charge in [-0.2, -0.15) is 0 Å². The molecule has 0 radical (unpaired) electrons. The maximum Gasteiger partial charge on any atom is 0.0965 e. The van der Waals surface area contributed by atoms with E-state index in [1.165, 1.54) is 6.42 Å². The van der Waals surface area contributed by atoms with E-state index in [9.17, 15) is 0 Å². The van der Waals surface area contributed by atoms with Crippen molar-refractivity contribution < 1.29 is 4.74 Å². The molecule has 8 heavy (non-hydrogen) atoms. The Kier molecular flexibility index (Phi) is 6.85. The smallest absolute Gasteiger partial charge is 0.0965 e. The lowest BCUT2D eigenvalue weighted by molar-refractivity contribution is 0.0848. The molecule has 0 aliphatic carbocycles. The van der Waals surface area contributed by atoms with Crippen LogP contribution in [0.3, 0.4) is 0 Å². The molecule has 0 unspecified atom stereocenters. The maximum absolute atomic E-state index is 4.96. The molecule has 2 heteroatoms. The first kappa shape index (κ1) is 7.92. The Hall–Kier alpha value is -0.0800. The molecule has 0 aromatic heterocycles. The Morgan fingerprint density at radius 1 is 1.38 bits per heavy atom. The van der Waals surface area contributed by atoms with Crippen molar-refractivity contribution in [2.24, 2.45) is 0 Å². The Morgan fingerprint density at radius 3 is 2.25 bits per heavy atom. The van der Waals surface area contributed by atoms with Crippen LogP contribution in [-0.4, -0.2) is 19.9 Å². The highest BCUT2D eigenvalue weighted by Gasteiger charge is 1.92. The molecule has 2 nitrogen and oxygen atoms in total. The van der Waals surface area contributed by atoms with Crippen LogP contribution >= 0.6 is 0 Å². The Balaban J connectivity index is 0.000000222. The van der Waals surface area contributed by atoms with Gasteiger partial charge in [-0.15, -0.1) is 0 Å². The second kappa shape index (κ2) is 6.92. The van der Waals surface area contributed by atoms with Gasteiger partial charge >= 0.3 is 0 Å². The molecule has 0 atom stereocenters. The first-order chi connectivity index (χ1) is 4.00. The zero-order valence-electron chi connectivity index (χ0n) is 5.74. The molecule has 0 aromatic carbocycles. The van der Waals surface area contributed by atoms with E-state index >= 15 is 0 Å². The van der Waals surface area contributed by atoms with E-state index in [-0.39, 0.29) is 0 Å². The highest BCUT2D eigenvalue weighted by molar-refractivity contribution is 4.45. The third-order valence-corrected chi connectivity index (χ3v) is 0.846. The van der Waals surface area contributed by atoms with Gasteiger partial charge in [0.05, 0.1) is 6.73 Å². The fraction of sp³-hybridized carbons (Fsp3) is 1.00. The Labute approximate surface area is 51.2 Å². The van der Waals surface area contributed by atoms with Gasteiger partial charge in [-0.25, -0.2) is 0 Å². The van der Waals surface area contributed by atoms with Crippen molar-refractivity contribution >= 4 is 0 Å². The van der Waals surface area contributed by atoms with Gasteiger partial charge in [0.2, 0.25) is 0 Å². The molecule has 1 aliphatic heterocycles. The van der Waals surface area contributed by atoms with Crippen molar-refractivity contribution in [1.82, 2.24) is 5.32 Å². The molecule has 0 bridgehead atoms. The largest absolute Gasteiger partial charge is 0.366 e. The molecule has 0 saturated carbocycles. The molecule has 0 aromatic rings. The van der Waals surface area contributed by atoms with E-state index in [4.69, 9.17) is 4.74 Å². The molecule has 1 N–H and O–H groups in total. The Morgan fingerprint density at radius 2 is 2.12 bits per heavy atom. The predicted octanol–water partition coefficient (Wildman–Crippen LogP) is 0.980. The minimum absolute atomic E-state index is 0.750. The second-order valence-electron chi connectivity index (χ2n) is 1.41. The van der Waals surface area contributed by atoms with E-state index in [0.717, 1.165) is 19.9 Å². The summed E-state index contributed by atoms with van der Waals surface area (Å²) in [4.78, 5) is 0. The van der Waals surface area contributed by atoms with Crippen LogP contribution < -0.4 is 5.32 Å². The first-order valence-corrected chi connectivity index (χ1v) is 3.28. The molecule has 1 saturated heterocycles. The number of hydrogen-bond acceptors (Lipinski definition) is 2. The van der Waals surface area contributed by atoms with Crippen LogP contribution in [0.4, 0.5) is 0 Å². The summed E-state index contributed by atoms with van der Waals surface area (Å²) in [6.45, 7) is 6.81. The van der Waals surface area contributed by atoms with E-state index in [2.05, 4.69) is 5.32 Å². The molecule has 1 aliphatic rings. The SMILES string of the molecule is C1CNCOC1.CC. The number of ether oxygens (including phenoxy) is 1. The summed E-state index contributed by atoms with van der Waals surface area (Å²) < 4.78 is 4.96. The maximum atomic E-state index is 4.96. The van der Waals surface area contributed by atoms with Crippen LogP contribution in [-0.2, 0) is 4.74 Å². The van der Waals surface area contributed by atoms with Crippen molar-refractivity contribution in [2.45, 2.75) is 20.3 Å². The van der Waals surface area contributed by atoms with Crippen LogP contribution in [0, 0.1) is 0 Å². The summed E-state index contributed by atoms with van der Waals surface area (Å²) >= 11 is 0. The Bertz CT molecular complexity index is 24.0. The van der Waals surface area contributed by atoms with Gasteiger partial charge in [0.1, 0.15) is 0 Å². The summed E-state index contributed by atoms with van der Waals surface area (Å²) in [7, 11) is 0. The average molecular weight is 117 g/mol. The van der Waals surface area contributed by atoms with Gasteiger partial charge in [0.15, 0.2) is 0 Å². The summed E-state index contributed by atoms with van der Waals surface area (Å²) in [5.74, 6) is 0. The molecule has 0 amide bonds. The standard InChI is InChI=1S/C4H9NO.C2H6/c1-2-5-4-6-3-1;1-2/h5H,1-4H2;1-2H3. The molecule has 1 heterocycles. The first-order valence-electron chi connectivity index (χ1n) is 3.28. The summed E-state index contributed by atoms with van der Waals surface area (Å²) in [6.07, 6.45) is 1.17. The molecule has 50 valence electrons. The van der Waals surface area contributed by atoms with Crippen molar-refractivity contribution in [1.29, 1.82) is 0 Å². The lowest BCUT2D eigenvalue weighted by atomic mass is 10.4. The number of nitrogens with one attached hydrogen (secondary N) is 1. The third-order valence-electron chi connectivity index (χ3n) is 0.846. The third kappa shape index (κ3) is 4.09. The van der Waals surface area contributed by atoms with Gasteiger partial charge < -0.3 is 4.74 Å². The highest BCUT2D eigenvalue weighted by Crippen LogP contribution is 1.83. The highest BCUT2D eigenvalue weighted by atomic mass is 16.5. The van der Waals surface area contributed by atoms with E-state index < -0.39 is 0 Å². The van der Waals surface area contributed by atoms with Gasteiger partial charge in [0, 0.05) is 6.61 Å². The average Bonchev–Trinajstić information content (AvgIpc) is 1.96. The quantitative estimate of drug-likeness (QED) is 0.510. The zero-order chi connectivity index (χ0) is 6.24. The van der Waals surface area contributed by atoms with E-state index in [1.807, 2.05) is 13.8 Å². The van der Waals surface area contributed by atoms with Gasteiger partial charge in [-0.05, 0) is 13.0 Å². The molecule has 0 spiro atoms. The van der Waals surface area contributed by atoms with Crippen LogP contribution in [0.25, 0.3) is 0 Å². The lowest BCUT2D eigenvalue weighted by Crippen LogP contribution is -2.26. The van der Waals surface area contributed by atoms with Crippen molar-refractivity contribution in [2.75, 3.05) is 19.9 Å². The van der Waals surface area contributed by atoms with Gasteiger partial charge in [-0.3, -0.25) is 5.32 Å². The second-order valence-corrected chi connectivity index (χ2v) is 1.41. The molecular formula is C6H15NO. The molecule has 1 fully saturated rings. The normalized spacial score (nSPS) is 18.8. The van der Waals surface area contributed by atoms with Crippen LogP contribution in [0.5, 0.6) is 0 Å². The van der Waals surface area contributed by atoms with Crippen molar-refractivity contribution in [3.63, 3.8) is 0 Å². The van der Waals surface area contributed by atoms with Crippen LogP contribution in [0.1, 0.15) is 20.3 Å². The van der Waals surface area contributed by atoms with Crippen LogP contribution in [0.2, 0.25) is 0 Å². The minimum Gasteiger partial charge on any atom is -0.366 e. The summed E-state index contributed by atoms with van der Waals surface area (Å²) in [6, 6.07) is 0. The van der Waals surface area contributed by atoms with Crippen molar-refractivity contribution in [3.8, 4) is 0 Å². The topological polar surface area (TPSA) is 21.3 Å². The van der Waals surface area contributed by atoms with Gasteiger partial charge in [-0.1, -0.05) is 13.8 Å². The number of hydrogen-bond donors (Lipinski definition) is 1. The van der Waals surface area contributed by atoms with Crippen LogP contribution in [0.15, 0.2) is 0 Å². The predicted molar refractivity (Wildman–Crippen MR) is 34.8 cm³/mol. The lowest BCUT2D eigenvalue weighted by Gasteiger charge is -2.10. The fourth-order valence-electron chi connectivity index (χ4n) is 0.516. The van der Waals surface area contributed by atoms with Crippen molar-refractivity contribution in [3.05, 3.63) is 0 Å². The minimum atomic E-state index is 0.750. The van der Waals surface area contributed by atoms with Gasteiger partial charge in [0.25, 0.3) is 0 Å². The summed E-state index contributed by atoms with van der Waals surface area (Å²) in [5.41, 5.74) is 0. The van der Waals surface area contributed by atoms with E-state index in [0.29, 0.717) is 0 Å². The van der Waals surface area contributed by atoms with E-state index in [1.54, 1.807) is 0 Å². The fourth-order valence-corrected chi connectivity index (χ4v) is 0.516. The molecular weight excluding hydrogens is 102 g/mol. The molecule has 1 rings (SSSR count). The zero-order valence-corrected chi connectivity index (χ0v) is 5.74. The monoisotopic (exact) mass is 117 g/mol. The number of rotatable bonds is 0. The summed E-state index contributed by atoms with van der Waals surface area (Å²) in [5, 5.41) is 3.06.